The lowest BCUT2D eigenvalue weighted by atomic mass is 10.1. The minimum atomic E-state index is 0. The standard InChI is InChI=1S/C13H17N3S.ClH/c1-16(10-6-8-14-9-7-10)13-11-4-2-3-5-12(11)17-15-13;/h2-5,10,14H,6-9H2,1H3;1H. The van der Waals surface area contributed by atoms with Crippen LogP contribution in [0.15, 0.2) is 24.3 Å². The number of aromatic nitrogens is 1. The predicted molar refractivity (Wildman–Crippen MR) is 81.2 cm³/mol. The monoisotopic (exact) mass is 283 g/mol. The molecule has 1 aromatic heterocycles. The van der Waals surface area contributed by atoms with E-state index in [2.05, 4.69) is 45.9 Å². The van der Waals surface area contributed by atoms with Gasteiger partial charge in [0.15, 0.2) is 0 Å². The third kappa shape index (κ3) is 2.46. The van der Waals surface area contributed by atoms with Crippen LogP contribution < -0.4 is 10.2 Å². The van der Waals surface area contributed by atoms with Crippen LogP contribution >= 0.6 is 23.9 Å². The Morgan fingerprint density at radius 3 is 2.78 bits per heavy atom. The third-order valence-electron chi connectivity index (χ3n) is 3.55. The number of hydrogen-bond acceptors (Lipinski definition) is 4. The predicted octanol–water partition coefficient (Wildman–Crippen LogP) is 2.91. The molecular weight excluding hydrogens is 266 g/mol. The maximum Gasteiger partial charge on any atom is 0.150 e. The van der Waals surface area contributed by atoms with Gasteiger partial charge in [0.25, 0.3) is 0 Å². The normalized spacial score (nSPS) is 16.5. The second-order valence-electron chi connectivity index (χ2n) is 4.59. The van der Waals surface area contributed by atoms with Crippen LogP contribution in [-0.2, 0) is 0 Å². The Kier molecular flexibility index (Phi) is 4.43. The van der Waals surface area contributed by atoms with Gasteiger partial charge in [0, 0.05) is 18.5 Å². The van der Waals surface area contributed by atoms with Gasteiger partial charge in [-0.25, -0.2) is 0 Å². The average Bonchev–Trinajstić information content (AvgIpc) is 2.83. The zero-order valence-corrected chi connectivity index (χ0v) is 12.1. The summed E-state index contributed by atoms with van der Waals surface area (Å²) in [6.07, 6.45) is 2.42. The van der Waals surface area contributed by atoms with E-state index in [-0.39, 0.29) is 12.4 Å². The van der Waals surface area contributed by atoms with Crippen molar-refractivity contribution in [3.63, 3.8) is 0 Å². The molecule has 0 radical (unpaired) electrons. The molecule has 0 saturated carbocycles. The number of benzene rings is 1. The SMILES string of the molecule is CN(c1nsc2ccccc12)C1CCNCC1.Cl. The first-order valence-corrected chi connectivity index (χ1v) is 6.91. The highest BCUT2D eigenvalue weighted by Gasteiger charge is 2.21. The summed E-state index contributed by atoms with van der Waals surface area (Å²) >= 11 is 1.60. The van der Waals surface area contributed by atoms with Crippen molar-refractivity contribution in [1.82, 2.24) is 9.69 Å². The van der Waals surface area contributed by atoms with Crippen LogP contribution in [0.25, 0.3) is 10.1 Å². The van der Waals surface area contributed by atoms with Gasteiger partial charge in [-0.2, -0.15) is 4.37 Å². The minimum absolute atomic E-state index is 0. The topological polar surface area (TPSA) is 28.2 Å². The Bertz CT molecular complexity index is 508. The first-order chi connectivity index (χ1) is 8.36. The summed E-state index contributed by atoms with van der Waals surface area (Å²) in [6.45, 7) is 2.24. The summed E-state index contributed by atoms with van der Waals surface area (Å²) in [4.78, 5) is 2.36. The van der Waals surface area contributed by atoms with Crippen molar-refractivity contribution in [2.75, 3.05) is 25.0 Å². The largest absolute Gasteiger partial charge is 0.355 e. The molecule has 1 saturated heterocycles. The van der Waals surface area contributed by atoms with E-state index in [1.807, 2.05) is 0 Å². The van der Waals surface area contributed by atoms with E-state index in [0.717, 1.165) is 18.9 Å². The molecule has 18 heavy (non-hydrogen) atoms. The van der Waals surface area contributed by atoms with Gasteiger partial charge in [0.05, 0.1) is 4.70 Å². The summed E-state index contributed by atoms with van der Waals surface area (Å²) in [5, 5.41) is 4.70. The lowest BCUT2D eigenvalue weighted by Crippen LogP contribution is -2.41. The molecule has 98 valence electrons. The summed E-state index contributed by atoms with van der Waals surface area (Å²) in [5.41, 5.74) is 0. The van der Waals surface area contributed by atoms with Crippen molar-refractivity contribution in [3.05, 3.63) is 24.3 Å². The molecule has 3 rings (SSSR count). The van der Waals surface area contributed by atoms with E-state index >= 15 is 0 Å². The third-order valence-corrected chi connectivity index (χ3v) is 4.37. The van der Waals surface area contributed by atoms with E-state index in [1.165, 1.54) is 22.9 Å². The first kappa shape index (κ1) is 13.6. The van der Waals surface area contributed by atoms with Crippen LogP contribution in [-0.4, -0.2) is 30.6 Å². The first-order valence-electron chi connectivity index (χ1n) is 6.14. The van der Waals surface area contributed by atoms with Crippen LogP contribution in [0.5, 0.6) is 0 Å². The number of anilines is 1. The smallest absolute Gasteiger partial charge is 0.150 e. The Morgan fingerprint density at radius 2 is 2.00 bits per heavy atom. The number of halogens is 1. The van der Waals surface area contributed by atoms with Crippen molar-refractivity contribution in [2.45, 2.75) is 18.9 Å². The van der Waals surface area contributed by atoms with Crippen molar-refractivity contribution in [1.29, 1.82) is 0 Å². The van der Waals surface area contributed by atoms with Crippen molar-refractivity contribution in [3.8, 4) is 0 Å². The Balaban J connectivity index is 0.00000120. The van der Waals surface area contributed by atoms with E-state index in [4.69, 9.17) is 0 Å². The highest BCUT2D eigenvalue weighted by molar-refractivity contribution is 7.13. The van der Waals surface area contributed by atoms with Gasteiger partial charge in [-0.05, 0) is 49.6 Å². The summed E-state index contributed by atoms with van der Waals surface area (Å²) in [6, 6.07) is 9.12. The molecule has 0 atom stereocenters. The van der Waals surface area contributed by atoms with E-state index in [1.54, 1.807) is 11.5 Å². The number of fused-ring (bicyclic) bond motifs is 1. The van der Waals surface area contributed by atoms with E-state index in [9.17, 15) is 0 Å². The molecule has 0 amide bonds. The van der Waals surface area contributed by atoms with E-state index in [0.29, 0.717) is 6.04 Å². The maximum absolute atomic E-state index is 4.62. The van der Waals surface area contributed by atoms with Crippen LogP contribution in [0, 0.1) is 0 Å². The number of hydrogen-bond donors (Lipinski definition) is 1. The summed E-state index contributed by atoms with van der Waals surface area (Å²) < 4.78 is 5.90. The summed E-state index contributed by atoms with van der Waals surface area (Å²) in [7, 11) is 2.18. The number of nitrogens with zero attached hydrogens (tertiary/aromatic N) is 2. The molecule has 1 N–H and O–H groups in total. The highest BCUT2D eigenvalue weighted by atomic mass is 35.5. The van der Waals surface area contributed by atoms with Gasteiger partial charge in [0.1, 0.15) is 5.82 Å². The molecule has 2 heterocycles. The number of nitrogens with one attached hydrogen (secondary N) is 1. The fourth-order valence-corrected chi connectivity index (χ4v) is 3.30. The summed E-state index contributed by atoms with van der Waals surface area (Å²) in [5.74, 6) is 1.15. The van der Waals surface area contributed by atoms with Gasteiger partial charge in [0.2, 0.25) is 0 Å². The lowest BCUT2D eigenvalue weighted by Gasteiger charge is -2.32. The fraction of sp³-hybridized carbons (Fsp3) is 0.462. The van der Waals surface area contributed by atoms with Gasteiger partial charge in [-0.1, -0.05) is 12.1 Å². The van der Waals surface area contributed by atoms with Gasteiger partial charge < -0.3 is 10.2 Å². The fourth-order valence-electron chi connectivity index (χ4n) is 2.49. The van der Waals surface area contributed by atoms with Crippen LogP contribution in [0.4, 0.5) is 5.82 Å². The molecule has 2 aromatic rings. The van der Waals surface area contributed by atoms with E-state index < -0.39 is 0 Å². The molecule has 1 aromatic carbocycles. The maximum atomic E-state index is 4.62. The second-order valence-corrected chi connectivity index (χ2v) is 5.40. The molecule has 3 nitrogen and oxygen atoms in total. The molecule has 1 aliphatic heterocycles. The van der Waals surface area contributed by atoms with Crippen molar-refractivity contribution >= 4 is 39.8 Å². The molecule has 0 unspecified atom stereocenters. The van der Waals surface area contributed by atoms with Crippen molar-refractivity contribution < 1.29 is 0 Å². The Morgan fingerprint density at radius 1 is 1.28 bits per heavy atom. The Labute approximate surface area is 118 Å². The number of piperidine rings is 1. The highest BCUT2D eigenvalue weighted by Crippen LogP contribution is 2.30. The minimum Gasteiger partial charge on any atom is -0.355 e. The quantitative estimate of drug-likeness (QED) is 0.919. The van der Waals surface area contributed by atoms with Crippen LogP contribution in [0.2, 0.25) is 0 Å². The van der Waals surface area contributed by atoms with Crippen LogP contribution in [0.3, 0.4) is 0 Å². The van der Waals surface area contributed by atoms with Crippen LogP contribution in [0.1, 0.15) is 12.8 Å². The molecule has 5 heteroatoms. The molecule has 1 aliphatic rings. The molecular formula is C13H18ClN3S. The Hall–Kier alpha value is -0.840. The van der Waals surface area contributed by atoms with Gasteiger partial charge in [-0.3, -0.25) is 0 Å². The zero-order valence-electron chi connectivity index (χ0n) is 10.4. The molecule has 0 aliphatic carbocycles. The van der Waals surface area contributed by atoms with Gasteiger partial charge in [-0.15, -0.1) is 12.4 Å². The average molecular weight is 284 g/mol. The van der Waals surface area contributed by atoms with Crippen molar-refractivity contribution in [2.24, 2.45) is 0 Å². The lowest BCUT2D eigenvalue weighted by molar-refractivity contribution is 0.443. The molecule has 0 bridgehead atoms. The molecule has 0 spiro atoms. The number of rotatable bonds is 2. The zero-order chi connectivity index (χ0) is 11.7. The second kappa shape index (κ2) is 5.87. The molecule has 1 fully saturated rings. The van der Waals surface area contributed by atoms with Gasteiger partial charge >= 0.3 is 0 Å².